The topological polar surface area (TPSA) is 69.0 Å². The lowest BCUT2D eigenvalue weighted by Gasteiger charge is -2.19. The Kier molecular flexibility index (Phi) is 6.70. The van der Waals surface area contributed by atoms with Crippen molar-refractivity contribution in [2.45, 2.75) is 30.3 Å². The predicted molar refractivity (Wildman–Crippen MR) is 124 cm³/mol. The third-order valence-electron chi connectivity index (χ3n) is 5.04. The highest BCUT2D eigenvalue weighted by Gasteiger charge is 2.25. The summed E-state index contributed by atoms with van der Waals surface area (Å²) < 4.78 is 20.4. The molecule has 1 unspecified atom stereocenters. The first-order chi connectivity index (χ1) is 15.6. The van der Waals surface area contributed by atoms with Crippen LogP contribution in [0.3, 0.4) is 0 Å². The van der Waals surface area contributed by atoms with E-state index in [1.54, 1.807) is 31.5 Å². The number of amides is 1. The molecule has 8 heteroatoms. The van der Waals surface area contributed by atoms with Crippen LogP contribution in [0.2, 0.25) is 0 Å². The van der Waals surface area contributed by atoms with E-state index in [0.29, 0.717) is 34.4 Å². The van der Waals surface area contributed by atoms with Crippen molar-refractivity contribution in [1.82, 2.24) is 14.5 Å². The Morgan fingerprint density at radius 2 is 2.00 bits per heavy atom. The number of imidazole rings is 1. The average Bonchev–Trinajstić information content (AvgIpc) is 3.17. The summed E-state index contributed by atoms with van der Waals surface area (Å²) in [7, 11) is 1.59. The van der Waals surface area contributed by atoms with E-state index in [2.05, 4.69) is 10.3 Å². The summed E-state index contributed by atoms with van der Waals surface area (Å²) in [5, 5.41) is 3.67. The van der Waals surface area contributed by atoms with Crippen molar-refractivity contribution in [3.63, 3.8) is 0 Å². The van der Waals surface area contributed by atoms with Crippen LogP contribution in [-0.4, -0.2) is 27.6 Å². The molecule has 0 bridgehead atoms. The minimum absolute atomic E-state index is 0.158. The molecule has 0 fully saturated rings. The first-order valence-corrected chi connectivity index (χ1v) is 11.2. The number of fused-ring (bicyclic) bond motifs is 1. The van der Waals surface area contributed by atoms with E-state index in [1.165, 1.54) is 23.9 Å². The highest BCUT2D eigenvalue weighted by atomic mass is 32.2. The standard InChI is InChI=1S/C24H23FN4O2S/c1-3-21(23(30)27-18-6-4-7-19(14-18)31-2)29-22-20(8-5-13-26-22)28-24(29)32-15-16-9-11-17(25)12-10-16/h4-14,21H,3,15H2,1-2H3,(H,27,30). The molecule has 1 amide bonds. The molecule has 0 aliphatic carbocycles. The van der Waals surface area contributed by atoms with Gasteiger partial charge in [-0.2, -0.15) is 0 Å². The Bertz CT molecular complexity index is 1230. The van der Waals surface area contributed by atoms with Gasteiger partial charge in [-0.1, -0.05) is 36.9 Å². The zero-order valence-corrected chi connectivity index (χ0v) is 18.6. The van der Waals surface area contributed by atoms with Crippen molar-refractivity contribution in [2.24, 2.45) is 0 Å². The fraction of sp³-hybridized carbons (Fsp3) is 0.208. The van der Waals surface area contributed by atoms with E-state index in [0.717, 1.165) is 11.1 Å². The number of ether oxygens (including phenoxy) is 1. The summed E-state index contributed by atoms with van der Waals surface area (Å²) >= 11 is 1.49. The van der Waals surface area contributed by atoms with Gasteiger partial charge < -0.3 is 10.1 Å². The molecule has 4 rings (SSSR count). The number of thioether (sulfide) groups is 1. The monoisotopic (exact) mass is 450 g/mol. The molecule has 164 valence electrons. The van der Waals surface area contributed by atoms with Crippen molar-refractivity contribution in [1.29, 1.82) is 0 Å². The van der Waals surface area contributed by atoms with Crippen LogP contribution in [0.4, 0.5) is 10.1 Å². The maximum Gasteiger partial charge on any atom is 0.247 e. The minimum Gasteiger partial charge on any atom is -0.497 e. The van der Waals surface area contributed by atoms with Gasteiger partial charge in [0.05, 0.1) is 7.11 Å². The second-order valence-corrected chi connectivity index (χ2v) is 8.11. The number of carbonyl (C=O) groups excluding carboxylic acids is 1. The molecule has 6 nitrogen and oxygen atoms in total. The molecule has 2 heterocycles. The minimum atomic E-state index is -0.503. The number of hydrogen-bond acceptors (Lipinski definition) is 5. The average molecular weight is 451 g/mol. The van der Waals surface area contributed by atoms with Gasteiger partial charge in [0, 0.05) is 23.7 Å². The van der Waals surface area contributed by atoms with Gasteiger partial charge in [0.15, 0.2) is 10.8 Å². The summed E-state index contributed by atoms with van der Waals surface area (Å²) in [5.41, 5.74) is 3.01. The fourth-order valence-electron chi connectivity index (χ4n) is 3.43. The van der Waals surface area contributed by atoms with Crippen molar-refractivity contribution < 1.29 is 13.9 Å². The van der Waals surface area contributed by atoms with E-state index in [-0.39, 0.29) is 11.7 Å². The number of carbonyl (C=O) groups is 1. The van der Waals surface area contributed by atoms with Crippen LogP contribution in [0, 0.1) is 5.82 Å². The summed E-state index contributed by atoms with van der Waals surface area (Å²) in [4.78, 5) is 22.5. The second kappa shape index (κ2) is 9.82. The van der Waals surface area contributed by atoms with Gasteiger partial charge in [-0.25, -0.2) is 14.4 Å². The molecule has 2 aromatic heterocycles. The number of pyridine rings is 1. The van der Waals surface area contributed by atoms with Crippen molar-refractivity contribution in [2.75, 3.05) is 12.4 Å². The molecule has 1 N–H and O–H groups in total. The number of halogens is 1. The van der Waals surface area contributed by atoms with Crippen LogP contribution in [0.25, 0.3) is 11.2 Å². The van der Waals surface area contributed by atoms with Crippen molar-refractivity contribution in [3.8, 4) is 5.75 Å². The van der Waals surface area contributed by atoms with Gasteiger partial charge in [-0.05, 0) is 48.4 Å². The lowest BCUT2D eigenvalue weighted by Crippen LogP contribution is -2.26. The van der Waals surface area contributed by atoms with Gasteiger partial charge in [0.1, 0.15) is 23.1 Å². The maximum atomic E-state index is 13.3. The van der Waals surface area contributed by atoms with E-state index in [1.807, 2.05) is 41.8 Å². The first kappa shape index (κ1) is 21.8. The van der Waals surface area contributed by atoms with Crippen LogP contribution in [0.5, 0.6) is 5.75 Å². The zero-order chi connectivity index (χ0) is 22.5. The smallest absolute Gasteiger partial charge is 0.247 e. The normalized spacial score (nSPS) is 12.0. The van der Waals surface area contributed by atoms with Gasteiger partial charge >= 0.3 is 0 Å². The molecule has 0 aliphatic rings. The summed E-state index contributed by atoms with van der Waals surface area (Å²) in [6.07, 6.45) is 2.25. The van der Waals surface area contributed by atoms with Crippen molar-refractivity contribution in [3.05, 3.63) is 78.2 Å². The largest absolute Gasteiger partial charge is 0.497 e. The van der Waals surface area contributed by atoms with Crippen LogP contribution in [0.15, 0.2) is 72.0 Å². The molecule has 0 radical (unpaired) electrons. The number of hydrogen-bond donors (Lipinski definition) is 1. The molecule has 0 saturated carbocycles. The number of nitrogens with zero attached hydrogens (tertiary/aromatic N) is 3. The number of benzene rings is 2. The first-order valence-electron chi connectivity index (χ1n) is 10.2. The van der Waals surface area contributed by atoms with Crippen LogP contribution < -0.4 is 10.1 Å². The highest BCUT2D eigenvalue weighted by molar-refractivity contribution is 7.98. The third kappa shape index (κ3) is 4.75. The Morgan fingerprint density at radius 3 is 2.75 bits per heavy atom. The van der Waals surface area contributed by atoms with Crippen LogP contribution >= 0.6 is 11.8 Å². The SMILES string of the molecule is CCC(C(=O)Nc1cccc(OC)c1)n1c(SCc2ccc(F)cc2)nc2cccnc21. The summed E-state index contributed by atoms with van der Waals surface area (Å²) in [6, 6.07) is 16.8. The Labute approximate surface area is 189 Å². The molecule has 2 aromatic carbocycles. The third-order valence-corrected chi connectivity index (χ3v) is 6.06. The van der Waals surface area contributed by atoms with E-state index in [4.69, 9.17) is 9.72 Å². The Balaban J connectivity index is 1.64. The lowest BCUT2D eigenvalue weighted by atomic mass is 10.2. The van der Waals surface area contributed by atoms with Gasteiger partial charge in [-0.15, -0.1) is 0 Å². The zero-order valence-electron chi connectivity index (χ0n) is 17.8. The second-order valence-electron chi connectivity index (χ2n) is 7.17. The number of methoxy groups -OCH3 is 1. The van der Waals surface area contributed by atoms with Gasteiger partial charge in [0.25, 0.3) is 0 Å². The molecule has 1 atom stereocenters. The molecule has 32 heavy (non-hydrogen) atoms. The van der Waals surface area contributed by atoms with Gasteiger partial charge in [-0.3, -0.25) is 9.36 Å². The van der Waals surface area contributed by atoms with Gasteiger partial charge in [0.2, 0.25) is 5.91 Å². The number of rotatable bonds is 8. The molecule has 0 saturated heterocycles. The number of aromatic nitrogens is 3. The summed E-state index contributed by atoms with van der Waals surface area (Å²) in [5.74, 6) is 0.836. The van der Waals surface area contributed by atoms with E-state index >= 15 is 0 Å². The molecule has 0 spiro atoms. The number of nitrogens with one attached hydrogen (secondary N) is 1. The molecule has 4 aromatic rings. The van der Waals surface area contributed by atoms with Crippen molar-refractivity contribution >= 4 is 34.5 Å². The molecular formula is C24H23FN4O2S. The van der Waals surface area contributed by atoms with Crippen LogP contribution in [0.1, 0.15) is 24.9 Å². The maximum absolute atomic E-state index is 13.3. The number of anilines is 1. The fourth-order valence-corrected chi connectivity index (χ4v) is 4.44. The molecular weight excluding hydrogens is 427 g/mol. The quantitative estimate of drug-likeness (QED) is 0.361. The van der Waals surface area contributed by atoms with Crippen LogP contribution in [-0.2, 0) is 10.5 Å². The van der Waals surface area contributed by atoms with E-state index in [9.17, 15) is 9.18 Å². The predicted octanol–water partition coefficient (Wildman–Crippen LogP) is 5.46. The summed E-state index contributed by atoms with van der Waals surface area (Å²) in [6.45, 7) is 1.96. The Hall–Kier alpha value is -3.39. The molecule has 0 aliphatic heterocycles. The highest BCUT2D eigenvalue weighted by Crippen LogP contribution is 2.31. The van der Waals surface area contributed by atoms with E-state index < -0.39 is 6.04 Å². The Morgan fingerprint density at radius 1 is 1.19 bits per heavy atom. The lowest BCUT2D eigenvalue weighted by molar-refractivity contribution is -0.119.